The molecule has 7 nitrogen and oxygen atoms in total. The van der Waals surface area contributed by atoms with E-state index in [9.17, 15) is 14.4 Å². The van der Waals surface area contributed by atoms with Gasteiger partial charge in [-0.3, -0.25) is 14.9 Å². The van der Waals surface area contributed by atoms with Crippen molar-refractivity contribution in [2.45, 2.75) is 53.6 Å². The molecule has 0 radical (unpaired) electrons. The highest BCUT2D eigenvalue weighted by Gasteiger charge is 2.16. The Morgan fingerprint density at radius 2 is 1.45 bits per heavy atom. The van der Waals surface area contributed by atoms with Gasteiger partial charge in [0.25, 0.3) is 0 Å². The van der Waals surface area contributed by atoms with Crippen LogP contribution in [0.1, 0.15) is 43.0 Å². The number of benzene rings is 2. The topological polar surface area (TPSA) is 96.5 Å². The largest absolute Gasteiger partial charge is 0.444 e. The lowest BCUT2D eigenvalue weighted by Crippen LogP contribution is -2.34. The standard InChI is InChI=1S/C24H31N3O4/c1-15-11-16(2)22(17(3)12-15)27-21(29)14-25-20(28)13-18-7-9-19(10-8-18)26-23(30)31-24(4,5)6/h7-12H,13-14H2,1-6H3,(H,25,28)(H,26,30)(H,27,29). The normalized spacial score (nSPS) is 10.9. The summed E-state index contributed by atoms with van der Waals surface area (Å²) in [6.07, 6.45) is -0.411. The third-order valence-corrected chi connectivity index (χ3v) is 4.35. The van der Waals surface area contributed by atoms with Crippen LogP contribution in [0.5, 0.6) is 0 Å². The summed E-state index contributed by atoms with van der Waals surface area (Å²) in [6.45, 7) is 11.1. The Balaban J connectivity index is 1.82. The monoisotopic (exact) mass is 425 g/mol. The minimum atomic E-state index is -0.578. The first-order valence-corrected chi connectivity index (χ1v) is 10.2. The van der Waals surface area contributed by atoms with Crippen LogP contribution in [0, 0.1) is 20.8 Å². The Labute approximate surface area is 183 Å². The molecular formula is C24H31N3O4. The van der Waals surface area contributed by atoms with Crippen LogP contribution in [0.4, 0.5) is 16.2 Å². The smallest absolute Gasteiger partial charge is 0.412 e. The number of rotatable bonds is 6. The summed E-state index contributed by atoms with van der Waals surface area (Å²) in [5, 5.41) is 8.13. The Bertz CT molecular complexity index is 937. The van der Waals surface area contributed by atoms with Gasteiger partial charge in [-0.05, 0) is 70.4 Å². The first-order valence-electron chi connectivity index (χ1n) is 10.2. The summed E-state index contributed by atoms with van der Waals surface area (Å²) in [6, 6.07) is 10.9. The van der Waals surface area contributed by atoms with E-state index in [1.807, 2.05) is 32.9 Å². The fraction of sp³-hybridized carbons (Fsp3) is 0.375. The number of ether oxygens (including phenoxy) is 1. The average Bonchev–Trinajstić information content (AvgIpc) is 2.63. The first kappa shape index (κ1) is 23.9. The Morgan fingerprint density at radius 3 is 2.00 bits per heavy atom. The summed E-state index contributed by atoms with van der Waals surface area (Å²) in [5.41, 5.74) is 4.63. The predicted octanol–water partition coefficient (Wildman–Crippen LogP) is 4.26. The Kier molecular flexibility index (Phi) is 7.80. The molecule has 31 heavy (non-hydrogen) atoms. The second kappa shape index (κ2) is 10.1. The summed E-state index contributed by atoms with van der Waals surface area (Å²) in [4.78, 5) is 36.2. The SMILES string of the molecule is Cc1cc(C)c(NC(=O)CNC(=O)Cc2ccc(NC(=O)OC(C)(C)C)cc2)c(C)c1. The molecule has 0 saturated carbocycles. The van der Waals surface area contributed by atoms with E-state index in [1.165, 1.54) is 0 Å². The van der Waals surface area contributed by atoms with Crippen LogP contribution in [-0.4, -0.2) is 30.1 Å². The number of amides is 3. The number of nitrogens with one attached hydrogen (secondary N) is 3. The highest BCUT2D eigenvalue weighted by Crippen LogP contribution is 2.21. The van der Waals surface area contributed by atoms with Crippen LogP contribution in [0.25, 0.3) is 0 Å². The maximum atomic E-state index is 12.2. The van der Waals surface area contributed by atoms with Crippen LogP contribution in [0.15, 0.2) is 36.4 Å². The molecule has 0 spiro atoms. The van der Waals surface area contributed by atoms with Gasteiger partial charge in [-0.2, -0.15) is 0 Å². The van der Waals surface area contributed by atoms with Crippen LogP contribution in [0.2, 0.25) is 0 Å². The number of carbonyl (C=O) groups excluding carboxylic acids is 3. The molecule has 2 aromatic carbocycles. The fourth-order valence-electron chi connectivity index (χ4n) is 3.11. The molecule has 0 aliphatic heterocycles. The molecular weight excluding hydrogens is 394 g/mol. The van der Waals surface area contributed by atoms with Gasteiger partial charge in [-0.15, -0.1) is 0 Å². The molecule has 0 saturated heterocycles. The van der Waals surface area contributed by atoms with E-state index in [4.69, 9.17) is 4.74 Å². The third kappa shape index (κ3) is 8.12. The zero-order chi connectivity index (χ0) is 23.2. The van der Waals surface area contributed by atoms with Gasteiger partial charge in [0.15, 0.2) is 0 Å². The zero-order valence-corrected chi connectivity index (χ0v) is 19.0. The molecule has 3 amide bonds. The number of aryl methyl sites for hydroxylation is 3. The van der Waals surface area contributed by atoms with Crippen molar-refractivity contribution >= 4 is 29.3 Å². The molecule has 0 atom stereocenters. The van der Waals surface area contributed by atoms with Crippen molar-refractivity contribution in [2.24, 2.45) is 0 Å². The van der Waals surface area contributed by atoms with Crippen molar-refractivity contribution in [1.82, 2.24) is 5.32 Å². The van der Waals surface area contributed by atoms with E-state index < -0.39 is 11.7 Å². The lowest BCUT2D eigenvalue weighted by atomic mass is 10.1. The highest BCUT2D eigenvalue weighted by molar-refractivity contribution is 5.96. The van der Waals surface area contributed by atoms with Crippen molar-refractivity contribution in [3.05, 3.63) is 58.7 Å². The maximum absolute atomic E-state index is 12.2. The van der Waals surface area contributed by atoms with E-state index in [0.717, 1.165) is 27.9 Å². The number of hydrogen-bond acceptors (Lipinski definition) is 4. The number of carbonyl (C=O) groups is 3. The molecule has 0 unspecified atom stereocenters. The van der Waals surface area contributed by atoms with Crippen molar-refractivity contribution in [3.63, 3.8) is 0 Å². The fourth-order valence-corrected chi connectivity index (χ4v) is 3.11. The predicted molar refractivity (Wildman–Crippen MR) is 122 cm³/mol. The van der Waals surface area contributed by atoms with Gasteiger partial charge in [-0.1, -0.05) is 29.8 Å². The van der Waals surface area contributed by atoms with Gasteiger partial charge in [0.05, 0.1) is 13.0 Å². The molecule has 7 heteroatoms. The molecule has 3 N–H and O–H groups in total. The molecule has 0 fully saturated rings. The van der Waals surface area contributed by atoms with Gasteiger partial charge >= 0.3 is 6.09 Å². The minimum Gasteiger partial charge on any atom is -0.444 e. The zero-order valence-electron chi connectivity index (χ0n) is 19.0. The second-order valence-electron chi connectivity index (χ2n) is 8.60. The summed E-state index contributed by atoms with van der Waals surface area (Å²) < 4.78 is 5.20. The van der Waals surface area contributed by atoms with Gasteiger partial charge < -0.3 is 15.4 Å². The highest BCUT2D eigenvalue weighted by atomic mass is 16.6. The molecule has 0 aliphatic carbocycles. The molecule has 0 bridgehead atoms. The van der Waals surface area contributed by atoms with Crippen LogP contribution in [0.3, 0.4) is 0 Å². The molecule has 0 aliphatic rings. The number of anilines is 2. The minimum absolute atomic E-state index is 0.107. The van der Waals surface area contributed by atoms with Crippen LogP contribution >= 0.6 is 0 Å². The lowest BCUT2D eigenvalue weighted by Gasteiger charge is -2.19. The average molecular weight is 426 g/mol. The summed E-state index contributed by atoms with van der Waals surface area (Å²) in [5.74, 6) is -0.541. The lowest BCUT2D eigenvalue weighted by molar-refractivity contribution is -0.123. The summed E-state index contributed by atoms with van der Waals surface area (Å²) >= 11 is 0. The maximum Gasteiger partial charge on any atom is 0.412 e. The van der Waals surface area contributed by atoms with E-state index >= 15 is 0 Å². The van der Waals surface area contributed by atoms with Gasteiger partial charge in [0, 0.05) is 11.4 Å². The van der Waals surface area contributed by atoms with Crippen molar-refractivity contribution in [1.29, 1.82) is 0 Å². The Hall–Kier alpha value is -3.35. The van der Waals surface area contributed by atoms with Crippen LogP contribution in [-0.2, 0) is 20.7 Å². The molecule has 0 heterocycles. The third-order valence-electron chi connectivity index (χ3n) is 4.35. The summed E-state index contributed by atoms with van der Waals surface area (Å²) in [7, 11) is 0. The molecule has 2 aromatic rings. The molecule has 166 valence electrons. The van der Waals surface area contributed by atoms with Crippen molar-refractivity contribution < 1.29 is 19.1 Å². The quantitative estimate of drug-likeness (QED) is 0.644. The molecule has 0 aromatic heterocycles. The first-order chi connectivity index (χ1) is 14.4. The van der Waals surface area contributed by atoms with Gasteiger partial charge in [0.2, 0.25) is 11.8 Å². The van der Waals surface area contributed by atoms with E-state index in [2.05, 4.69) is 16.0 Å². The van der Waals surface area contributed by atoms with E-state index in [1.54, 1.807) is 45.0 Å². The van der Waals surface area contributed by atoms with E-state index in [-0.39, 0.29) is 24.8 Å². The second-order valence-corrected chi connectivity index (χ2v) is 8.60. The number of hydrogen-bond donors (Lipinski definition) is 3. The van der Waals surface area contributed by atoms with Crippen molar-refractivity contribution in [3.8, 4) is 0 Å². The van der Waals surface area contributed by atoms with Gasteiger partial charge in [0.1, 0.15) is 5.60 Å². The Morgan fingerprint density at radius 1 is 0.871 bits per heavy atom. The molecule has 2 rings (SSSR count). The van der Waals surface area contributed by atoms with Crippen LogP contribution < -0.4 is 16.0 Å². The van der Waals surface area contributed by atoms with E-state index in [0.29, 0.717) is 5.69 Å². The van der Waals surface area contributed by atoms with Gasteiger partial charge in [-0.25, -0.2) is 4.79 Å². The van der Waals surface area contributed by atoms with Crippen molar-refractivity contribution in [2.75, 3.05) is 17.2 Å².